The number of carbonyl (C=O) groups is 1. The van der Waals surface area contributed by atoms with Crippen molar-refractivity contribution >= 4 is 17.7 Å². The van der Waals surface area contributed by atoms with Crippen LogP contribution in [0.5, 0.6) is 0 Å². The molecule has 0 aliphatic heterocycles. The van der Waals surface area contributed by atoms with Gasteiger partial charge in [-0.25, -0.2) is 0 Å². The van der Waals surface area contributed by atoms with Crippen LogP contribution in [-0.2, 0) is 4.79 Å². The third-order valence-electron chi connectivity index (χ3n) is 2.96. The summed E-state index contributed by atoms with van der Waals surface area (Å²) >= 11 is 1.26. The zero-order valence-electron chi connectivity index (χ0n) is 12.3. The molecule has 0 aliphatic rings. The highest BCUT2D eigenvalue weighted by Gasteiger charge is 2.12. The van der Waals surface area contributed by atoms with Gasteiger partial charge in [0.15, 0.2) is 0 Å². The first-order valence-corrected chi connectivity index (χ1v) is 7.98. The van der Waals surface area contributed by atoms with E-state index in [2.05, 4.69) is 22.4 Å². The molecule has 1 aromatic heterocycles. The number of unbranched alkanes of at least 4 members (excludes halogenated alkanes) is 1. The Kier molecular flexibility index (Phi) is 5.80. The fourth-order valence-electron chi connectivity index (χ4n) is 1.77. The highest BCUT2D eigenvalue weighted by molar-refractivity contribution is 7.99. The van der Waals surface area contributed by atoms with Crippen molar-refractivity contribution in [2.45, 2.75) is 31.9 Å². The molecule has 21 heavy (non-hydrogen) atoms. The number of benzene rings is 1. The van der Waals surface area contributed by atoms with E-state index in [4.69, 9.17) is 4.42 Å². The Balaban J connectivity index is 1.89. The molecule has 0 saturated carbocycles. The number of amides is 1. The summed E-state index contributed by atoms with van der Waals surface area (Å²) in [6, 6.07) is 7.83. The SMILES string of the molecule is CCCCNC(=O)CSc1nnc(-c2ccccc2C)o1. The Morgan fingerprint density at radius 1 is 1.33 bits per heavy atom. The molecule has 0 spiro atoms. The molecule has 0 bridgehead atoms. The van der Waals surface area contributed by atoms with E-state index in [1.54, 1.807) is 0 Å². The van der Waals surface area contributed by atoms with Gasteiger partial charge in [-0.1, -0.05) is 43.3 Å². The van der Waals surface area contributed by atoms with Crippen molar-refractivity contribution in [3.8, 4) is 11.5 Å². The third kappa shape index (κ3) is 4.60. The second-order valence-electron chi connectivity index (χ2n) is 4.68. The number of aromatic nitrogens is 2. The summed E-state index contributed by atoms with van der Waals surface area (Å²) < 4.78 is 5.59. The van der Waals surface area contributed by atoms with Crippen LogP contribution in [0.15, 0.2) is 33.9 Å². The number of hydrogen-bond acceptors (Lipinski definition) is 5. The Bertz CT molecular complexity index is 598. The summed E-state index contributed by atoms with van der Waals surface area (Å²) in [4.78, 5) is 11.6. The van der Waals surface area contributed by atoms with Crippen LogP contribution >= 0.6 is 11.8 Å². The molecule has 2 aromatic rings. The van der Waals surface area contributed by atoms with Gasteiger partial charge in [0.05, 0.1) is 5.75 Å². The Morgan fingerprint density at radius 3 is 2.90 bits per heavy atom. The van der Waals surface area contributed by atoms with Gasteiger partial charge < -0.3 is 9.73 Å². The minimum atomic E-state index is -0.0101. The quantitative estimate of drug-likeness (QED) is 0.629. The lowest BCUT2D eigenvalue weighted by Crippen LogP contribution is -2.25. The zero-order valence-corrected chi connectivity index (χ0v) is 13.1. The van der Waals surface area contributed by atoms with E-state index in [-0.39, 0.29) is 5.91 Å². The molecular formula is C15H19N3O2S. The van der Waals surface area contributed by atoms with Gasteiger partial charge in [0.1, 0.15) is 0 Å². The van der Waals surface area contributed by atoms with Crippen molar-refractivity contribution in [3.05, 3.63) is 29.8 Å². The fourth-order valence-corrected chi connectivity index (χ4v) is 2.37. The monoisotopic (exact) mass is 305 g/mol. The number of thioether (sulfide) groups is 1. The summed E-state index contributed by atoms with van der Waals surface area (Å²) in [7, 11) is 0. The molecule has 1 aromatic carbocycles. The van der Waals surface area contributed by atoms with Gasteiger partial charge in [-0.3, -0.25) is 4.79 Å². The van der Waals surface area contributed by atoms with Gasteiger partial charge in [0.25, 0.3) is 5.22 Å². The number of nitrogens with one attached hydrogen (secondary N) is 1. The lowest BCUT2D eigenvalue weighted by Gasteiger charge is -2.01. The van der Waals surface area contributed by atoms with Crippen molar-refractivity contribution in [1.29, 1.82) is 0 Å². The van der Waals surface area contributed by atoms with Crippen LogP contribution in [-0.4, -0.2) is 28.4 Å². The highest BCUT2D eigenvalue weighted by atomic mass is 32.2. The highest BCUT2D eigenvalue weighted by Crippen LogP contribution is 2.25. The average molecular weight is 305 g/mol. The maximum Gasteiger partial charge on any atom is 0.277 e. The van der Waals surface area contributed by atoms with Crippen LogP contribution in [0.4, 0.5) is 0 Å². The molecule has 0 radical (unpaired) electrons. The predicted molar refractivity (Wildman–Crippen MR) is 83.1 cm³/mol. The van der Waals surface area contributed by atoms with Crippen LogP contribution in [0.2, 0.25) is 0 Å². The van der Waals surface area contributed by atoms with E-state index in [1.807, 2.05) is 31.2 Å². The standard InChI is InChI=1S/C15H19N3O2S/c1-3-4-9-16-13(19)10-21-15-18-17-14(20-15)12-8-6-5-7-11(12)2/h5-8H,3-4,9-10H2,1-2H3,(H,16,19). The summed E-state index contributed by atoms with van der Waals surface area (Å²) in [6.07, 6.45) is 2.06. The van der Waals surface area contributed by atoms with E-state index < -0.39 is 0 Å². The van der Waals surface area contributed by atoms with Crippen molar-refractivity contribution in [2.24, 2.45) is 0 Å². The van der Waals surface area contributed by atoms with Gasteiger partial charge in [-0.15, -0.1) is 10.2 Å². The van der Waals surface area contributed by atoms with Gasteiger partial charge >= 0.3 is 0 Å². The third-order valence-corrected chi connectivity index (χ3v) is 3.78. The minimum Gasteiger partial charge on any atom is -0.411 e. The Hall–Kier alpha value is -1.82. The summed E-state index contributed by atoms with van der Waals surface area (Å²) in [5.41, 5.74) is 2.00. The van der Waals surface area contributed by atoms with E-state index in [9.17, 15) is 4.79 Å². The Labute approximate surface area is 128 Å². The first-order chi connectivity index (χ1) is 10.2. The van der Waals surface area contributed by atoms with Crippen LogP contribution in [0.3, 0.4) is 0 Å². The molecule has 0 fully saturated rings. The second kappa shape index (κ2) is 7.83. The molecule has 1 amide bonds. The van der Waals surface area contributed by atoms with Gasteiger partial charge in [-0.2, -0.15) is 0 Å². The molecule has 1 N–H and O–H groups in total. The molecule has 2 rings (SSSR count). The zero-order chi connectivity index (χ0) is 15.1. The van der Waals surface area contributed by atoms with Crippen molar-refractivity contribution in [2.75, 3.05) is 12.3 Å². The van der Waals surface area contributed by atoms with E-state index in [0.29, 0.717) is 23.4 Å². The maximum atomic E-state index is 11.6. The number of nitrogens with zero attached hydrogens (tertiary/aromatic N) is 2. The van der Waals surface area contributed by atoms with Crippen molar-refractivity contribution in [3.63, 3.8) is 0 Å². The summed E-state index contributed by atoms with van der Waals surface area (Å²) in [5.74, 6) is 0.769. The maximum absolute atomic E-state index is 11.6. The molecule has 0 saturated heterocycles. The van der Waals surface area contributed by atoms with Crippen LogP contribution < -0.4 is 5.32 Å². The van der Waals surface area contributed by atoms with E-state index >= 15 is 0 Å². The topological polar surface area (TPSA) is 68.0 Å². The van der Waals surface area contributed by atoms with Crippen molar-refractivity contribution < 1.29 is 9.21 Å². The number of carbonyl (C=O) groups excluding carboxylic acids is 1. The molecule has 5 nitrogen and oxygen atoms in total. The van der Waals surface area contributed by atoms with Crippen LogP contribution in [0.1, 0.15) is 25.3 Å². The molecule has 6 heteroatoms. The van der Waals surface area contributed by atoms with Gasteiger partial charge in [0, 0.05) is 12.1 Å². The molecule has 0 aliphatic carbocycles. The smallest absolute Gasteiger partial charge is 0.277 e. The summed E-state index contributed by atoms with van der Waals surface area (Å²) in [5, 5.41) is 11.3. The fraction of sp³-hybridized carbons (Fsp3) is 0.400. The number of rotatable bonds is 7. The van der Waals surface area contributed by atoms with Crippen LogP contribution in [0.25, 0.3) is 11.5 Å². The minimum absolute atomic E-state index is 0.0101. The molecule has 0 unspecified atom stereocenters. The van der Waals surface area contributed by atoms with Crippen molar-refractivity contribution in [1.82, 2.24) is 15.5 Å². The lowest BCUT2D eigenvalue weighted by atomic mass is 10.1. The first-order valence-electron chi connectivity index (χ1n) is 6.99. The lowest BCUT2D eigenvalue weighted by molar-refractivity contribution is -0.118. The summed E-state index contributed by atoms with van der Waals surface area (Å²) in [6.45, 7) is 4.80. The second-order valence-corrected chi connectivity index (χ2v) is 5.61. The van der Waals surface area contributed by atoms with Crippen LogP contribution in [0, 0.1) is 6.92 Å². The largest absolute Gasteiger partial charge is 0.411 e. The molecule has 112 valence electrons. The van der Waals surface area contributed by atoms with Gasteiger partial charge in [-0.05, 0) is 25.0 Å². The first kappa shape index (κ1) is 15.6. The molecule has 1 heterocycles. The van der Waals surface area contributed by atoms with E-state index in [1.165, 1.54) is 11.8 Å². The Morgan fingerprint density at radius 2 is 2.14 bits per heavy atom. The molecular weight excluding hydrogens is 286 g/mol. The number of hydrogen-bond donors (Lipinski definition) is 1. The predicted octanol–water partition coefficient (Wildman–Crippen LogP) is 3.05. The average Bonchev–Trinajstić information content (AvgIpc) is 2.94. The van der Waals surface area contributed by atoms with E-state index in [0.717, 1.165) is 24.0 Å². The normalized spacial score (nSPS) is 10.6. The number of aryl methyl sites for hydroxylation is 1. The van der Waals surface area contributed by atoms with Gasteiger partial charge in [0.2, 0.25) is 11.8 Å². The molecule has 0 atom stereocenters.